The van der Waals surface area contributed by atoms with Gasteiger partial charge in [-0.25, -0.2) is 4.98 Å². The van der Waals surface area contributed by atoms with E-state index in [1.165, 1.54) is 0 Å². The van der Waals surface area contributed by atoms with Crippen molar-refractivity contribution in [2.24, 2.45) is 0 Å². The molecule has 3 rings (SSSR count). The van der Waals surface area contributed by atoms with Gasteiger partial charge < -0.3 is 19.6 Å². The van der Waals surface area contributed by atoms with Crippen LogP contribution in [0, 0.1) is 6.92 Å². The van der Waals surface area contributed by atoms with Crippen LogP contribution in [0.4, 0.5) is 5.69 Å². The van der Waals surface area contributed by atoms with Crippen molar-refractivity contribution >= 4 is 11.3 Å². The molecular weight excluding hydrogens is 266 g/mol. The number of methoxy groups -OCH3 is 2. The number of nitrogens with two attached hydrogens (primary N) is 1. The molecule has 0 spiro atoms. The largest absolute Gasteiger partial charge is 0.497 e. The van der Waals surface area contributed by atoms with Gasteiger partial charge in [0.05, 0.1) is 19.9 Å². The smallest absolute Gasteiger partial charge is 0.137 e. The van der Waals surface area contributed by atoms with E-state index in [1.54, 1.807) is 14.2 Å². The second-order valence-electron chi connectivity index (χ2n) is 4.80. The van der Waals surface area contributed by atoms with Gasteiger partial charge in [-0.05, 0) is 37.3 Å². The standard InChI is InChI=1S/C16H17N3O2/c1-10-16(18-15-7-4-11(17)9-19(10)15)13-8-12(20-2)5-6-14(13)21-3/h4-9H,17H2,1-3H3. The molecule has 5 heteroatoms. The average molecular weight is 283 g/mol. The first-order valence-corrected chi connectivity index (χ1v) is 6.60. The number of benzene rings is 1. The van der Waals surface area contributed by atoms with Crippen molar-refractivity contribution in [3.8, 4) is 22.8 Å². The van der Waals surface area contributed by atoms with Crippen LogP contribution in [0.3, 0.4) is 0 Å². The Morgan fingerprint density at radius 1 is 1.10 bits per heavy atom. The summed E-state index contributed by atoms with van der Waals surface area (Å²) in [6.45, 7) is 2.01. The van der Waals surface area contributed by atoms with Crippen LogP contribution in [-0.2, 0) is 0 Å². The van der Waals surface area contributed by atoms with Crippen molar-refractivity contribution in [3.63, 3.8) is 0 Å². The minimum absolute atomic E-state index is 0.701. The maximum atomic E-state index is 5.85. The number of nitrogen functional groups attached to an aromatic ring is 1. The Labute approximate surface area is 122 Å². The van der Waals surface area contributed by atoms with E-state index in [1.807, 2.05) is 47.9 Å². The number of imidazole rings is 1. The van der Waals surface area contributed by atoms with E-state index in [2.05, 4.69) is 4.98 Å². The van der Waals surface area contributed by atoms with Crippen molar-refractivity contribution in [2.45, 2.75) is 6.92 Å². The lowest BCUT2D eigenvalue weighted by Crippen LogP contribution is -1.93. The quantitative estimate of drug-likeness (QED) is 0.803. The predicted octanol–water partition coefficient (Wildman–Crippen LogP) is 2.91. The molecule has 2 aromatic heterocycles. The number of anilines is 1. The van der Waals surface area contributed by atoms with Gasteiger partial charge in [0.25, 0.3) is 0 Å². The Kier molecular flexibility index (Phi) is 3.17. The highest BCUT2D eigenvalue weighted by atomic mass is 16.5. The number of rotatable bonds is 3. The van der Waals surface area contributed by atoms with Gasteiger partial charge in [-0.15, -0.1) is 0 Å². The van der Waals surface area contributed by atoms with Crippen LogP contribution in [0.2, 0.25) is 0 Å². The third kappa shape index (κ3) is 2.16. The molecule has 21 heavy (non-hydrogen) atoms. The molecule has 2 heterocycles. The highest BCUT2D eigenvalue weighted by molar-refractivity contribution is 5.74. The molecular formula is C16H17N3O2. The molecule has 0 fully saturated rings. The number of nitrogens with zero attached hydrogens (tertiary/aromatic N) is 2. The Bertz CT molecular complexity index is 809. The highest BCUT2D eigenvalue weighted by Crippen LogP contribution is 2.35. The van der Waals surface area contributed by atoms with E-state index < -0.39 is 0 Å². The van der Waals surface area contributed by atoms with Crippen LogP contribution in [0.5, 0.6) is 11.5 Å². The van der Waals surface area contributed by atoms with Crippen LogP contribution in [-0.4, -0.2) is 23.6 Å². The van der Waals surface area contributed by atoms with Gasteiger partial charge in [-0.2, -0.15) is 0 Å². The van der Waals surface area contributed by atoms with E-state index >= 15 is 0 Å². The first-order valence-electron chi connectivity index (χ1n) is 6.60. The van der Waals surface area contributed by atoms with E-state index in [0.29, 0.717) is 5.69 Å². The first kappa shape index (κ1) is 13.3. The number of aryl methyl sites for hydroxylation is 1. The summed E-state index contributed by atoms with van der Waals surface area (Å²) in [6.07, 6.45) is 1.87. The summed E-state index contributed by atoms with van der Waals surface area (Å²) in [5, 5.41) is 0. The maximum Gasteiger partial charge on any atom is 0.137 e. The zero-order chi connectivity index (χ0) is 15.0. The molecule has 0 atom stereocenters. The number of fused-ring (bicyclic) bond motifs is 1. The van der Waals surface area contributed by atoms with E-state index in [4.69, 9.17) is 15.2 Å². The van der Waals surface area contributed by atoms with Crippen molar-refractivity contribution in [3.05, 3.63) is 42.2 Å². The molecule has 0 amide bonds. The molecule has 0 radical (unpaired) electrons. The predicted molar refractivity (Wildman–Crippen MR) is 82.9 cm³/mol. The van der Waals surface area contributed by atoms with Crippen LogP contribution in [0.25, 0.3) is 16.9 Å². The lowest BCUT2D eigenvalue weighted by Gasteiger charge is -2.09. The van der Waals surface area contributed by atoms with Crippen LogP contribution >= 0.6 is 0 Å². The summed E-state index contributed by atoms with van der Waals surface area (Å²) in [6, 6.07) is 9.42. The minimum atomic E-state index is 0.701. The Morgan fingerprint density at radius 3 is 2.62 bits per heavy atom. The molecule has 0 aliphatic carbocycles. The zero-order valence-electron chi connectivity index (χ0n) is 12.3. The third-order valence-electron chi connectivity index (χ3n) is 3.54. The topological polar surface area (TPSA) is 61.8 Å². The summed E-state index contributed by atoms with van der Waals surface area (Å²) < 4.78 is 12.7. The summed E-state index contributed by atoms with van der Waals surface area (Å²) in [5.41, 5.74) is 10.2. The third-order valence-corrected chi connectivity index (χ3v) is 3.54. The molecule has 1 aromatic carbocycles. The van der Waals surface area contributed by atoms with E-state index in [9.17, 15) is 0 Å². The van der Waals surface area contributed by atoms with Gasteiger partial charge >= 0.3 is 0 Å². The molecule has 3 aromatic rings. The van der Waals surface area contributed by atoms with Crippen LogP contribution in [0.15, 0.2) is 36.5 Å². The number of pyridine rings is 1. The van der Waals surface area contributed by atoms with Crippen molar-refractivity contribution in [1.82, 2.24) is 9.38 Å². The van der Waals surface area contributed by atoms with Crippen molar-refractivity contribution in [1.29, 1.82) is 0 Å². The van der Waals surface area contributed by atoms with E-state index in [0.717, 1.165) is 34.1 Å². The molecule has 108 valence electrons. The van der Waals surface area contributed by atoms with Gasteiger partial charge in [0, 0.05) is 23.1 Å². The summed E-state index contributed by atoms with van der Waals surface area (Å²) in [5.74, 6) is 1.53. The second-order valence-corrected chi connectivity index (χ2v) is 4.80. The molecule has 5 nitrogen and oxygen atoms in total. The monoisotopic (exact) mass is 283 g/mol. The molecule has 0 saturated heterocycles. The summed E-state index contributed by atoms with van der Waals surface area (Å²) in [7, 11) is 3.29. The Hall–Kier alpha value is -2.69. The fourth-order valence-electron chi connectivity index (χ4n) is 2.43. The highest BCUT2D eigenvalue weighted by Gasteiger charge is 2.15. The molecule has 0 aliphatic rings. The van der Waals surface area contributed by atoms with Gasteiger partial charge in [-0.3, -0.25) is 0 Å². The summed E-state index contributed by atoms with van der Waals surface area (Å²) in [4.78, 5) is 4.68. The molecule has 0 unspecified atom stereocenters. The normalized spacial score (nSPS) is 10.8. The van der Waals surface area contributed by atoms with Crippen molar-refractivity contribution in [2.75, 3.05) is 20.0 Å². The molecule has 0 bridgehead atoms. The average Bonchev–Trinajstić information content (AvgIpc) is 2.83. The number of ether oxygens (including phenoxy) is 2. The second kappa shape index (κ2) is 5.01. The van der Waals surface area contributed by atoms with E-state index in [-0.39, 0.29) is 0 Å². The van der Waals surface area contributed by atoms with Crippen LogP contribution in [0.1, 0.15) is 5.69 Å². The zero-order valence-corrected chi connectivity index (χ0v) is 12.3. The number of aromatic nitrogens is 2. The molecule has 0 saturated carbocycles. The Morgan fingerprint density at radius 2 is 1.90 bits per heavy atom. The van der Waals surface area contributed by atoms with Gasteiger partial charge in [-0.1, -0.05) is 0 Å². The number of hydrogen-bond donors (Lipinski definition) is 1. The fraction of sp³-hybridized carbons (Fsp3) is 0.188. The summed E-state index contributed by atoms with van der Waals surface area (Å²) >= 11 is 0. The first-order chi connectivity index (χ1) is 10.1. The van der Waals surface area contributed by atoms with Gasteiger partial charge in [0.15, 0.2) is 0 Å². The van der Waals surface area contributed by atoms with Gasteiger partial charge in [0.2, 0.25) is 0 Å². The molecule has 2 N–H and O–H groups in total. The molecule has 0 aliphatic heterocycles. The van der Waals surface area contributed by atoms with Gasteiger partial charge in [0.1, 0.15) is 17.1 Å². The lowest BCUT2D eigenvalue weighted by atomic mass is 10.1. The lowest BCUT2D eigenvalue weighted by molar-refractivity contribution is 0.404. The number of hydrogen-bond acceptors (Lipinski definition) is 4. The fourth-order valence-corrected chi connectivity index (χ4v) is 2.43. The Balaban J connectivity index is 2.27. The van der Waals surface area contributed by atoms with Crippen molar-refractivity contribution < 1.29 is 9.47 Å². The van der Waals surface area contributed by atoms with Crippen LogP contribution < -0.4 is 15.2 Å². The SMILES string of the molecule is COc1ccc(OC)c(-c2nc3ccc(N)cn3c2C)c1. The maximum absolute atomic E-state index is 5.85. The minimum Gasteiger partial charge on any atom is -0.497 e.